The van der Waals surface area contributed by atoms with Crippen molar-refractivity contribution in [1.29, 1.82) is 0 Å². The van der Waals surface area contributed by atoms with Gasteiger partial charge < -0.3 is 4.74 Å². The van der Waals surface area contributed by atoms with Crippen molar-refractivity contribution in [2.75, 3.05) is 11.8 Å². The summed E-state index contributed by atoms with van der Waals surface area (Å²) in [6.07, 6.45) is 0.421. The highest BCUT2D eigenvalue weighted by molar-refractivity contribution is 9.10. The molecule has 2 rings (SSSR count). The van der Waals surface area contributed by atoms with Gasteiger partial charge in [-0.3, -0.25) is 9.82 Å². The van der Waals surface area contributed by atoms with Gasteiger partial charge in [-0.05, 0) is 37.1 Å². The number of hydrogen-bond donors (Lipinski definition) is 2. The first-order valence-corrected chi connectivity index (χ1v) is 9.02. The Morgan fingerprint density at radius 3 is 2.70 bits per heavy atom. The van der Waals surface area contributed by atoms with Crippen molar-refractivity contribution >= 4 is 37.6 Å². The summed E-state index contributed by atoms with van der Waals surface area (Å²) in [7, 11) is -2.84. The Bertz CT molecular complexity index is 846. The van der Waals surface area contributed by atoms with Gasteiger partial charge >= 0.3 is 5.97 Å². The zero-order valence-corrected chi connectivity index (χ0v) is 15.2. The third-order valence-corrected chi connectivity index (χ3v) is 5.41. The number of aromatic nitrogens is 2. The SMILES string of the molecule is CCc1[nH]nc(S(=O)(=O)Nc2ccc(Br)c(C)c2)c1C(=O)OC. The van der Waals surface area contributed by atoms with E-state index in [-0.39, 0.29) is 10.6 Å². The van der Waals surface area contributed by atoms with Gasteiger partial charge in [0, 0.05) is 10.2 Å². The number of rotatable bonds is 5. The number of esters is 1. The Morgan fingerprint density at radius 1 is 1.43 bits per heavy atom. The first-order valence-electron chi connectivity index (χ1n) is 6.74. The summed E-state index contributed by atoms with van der Waals surface area (Å²) in [5, 5.41) is 5.98. The molecule has 0 fully saturated rings. The molecule has 2 N–H and O–H groups in total. The number of halogens is 1. The molecule has 2 aromatic rings. The molecule has 0 amide bonds. The van der Waals surface area contributed by atoms with Crippen LogP contribution >= 0.6 is 15.9 Å². The van der Waals surface area contributed by atoms with Crippen molar-refractivity contribution in [3.8, 4) is 0 Å². The van der Waals surface area contributed by atoms with Gasteiger partial charge in [0.2, 0.25) is 5.03 Å². The number of nitrogens with one attached hydrogen (secondary N) is 2. The lowest BCUT2D eigenvalue weighted by Gasteiger charge is -2.09. The van der Waals surface area contributed by atoms with Crippen molar-refractivity contribution < 1.29 is 17.9 Å². The normalized spacial score (nSPS) is 11.3. The Labute approximate surface area is 142 Å². The number of carbonyl (C=O) groups is 1. The van der Waals surface area contributed by atoms with Crippen molar-refractivity contribution in [3.05, 3.63) is 39.5 Å². The molecule has 124 valence electrons. The molecule has 9 heteroatoms. The lowest BCUT2D eigenvalue weighted by molar-refractivity contribution is 0.0595. The van der Waals surface area contributed by atoms with Gasteiger partial charge in [0.15, 0.2) is 0 Å². The Kier molecular flexibility index (Phi) is 5.10. The fourth-order valence-corrected chi connectivity index (χ4v) is 3.46. The summed E-state index contributed by atoms with van der Waals surface area (Å²) in [5.74, 6) is -0.747. The zero-order valence-electron chi connectivity index (χ0n) is 12.8. The number of anilines is 1. The van der Waals surface area contributed by atoms with E-state index in [1.807, 2.05) is 6.92 Å². The van der Waals surface area contributed by atoms with E-state index in [2.05, 4.69) is 35.6 Å². The molecule has 1 aromatic carbocycles. The first kappa shape index (κ1) is 17.5. The molecule has 0 unspecified atom stereocenters. The van der Waals surface area contributed by atoms with Gasteiger partial charge in [-0.2, -0.15) is 13.5 Å². The number of aryl methyl sites for hydroxylation is 2. The van der Waals surface area contributed by atoms with Crippen molar-refractivity contribution in [1.82, 2.24) is 10.2 Å². The minimum absolute atomic E-state index is 0.0728. The van der Waals surface area contributed by atoms with Gasteiger partial charge in [0.05, 0.1) is 12.8 Å². The summed E-state index contributed by atoms with van der Waals surface area (Å²) in [6, 6.07) is 5.02. The number of aromatic amines is 1. The second kappa shape index (κ2) is 6.71. The van der Waals surface area contributed by atoms with E-state index in [4.69, 9.17) is 0 Å². The molecule has 0 saturated carbocycles. The van der Waals surface area contributed by atoms with E-state index < -0.39 is 16.0 Å². The van der Waals surface area contributed by atoms with Gasteiger partial charge in [0.1, 0.15) is 5.56 Å². The van der Waals surface area contributed by atoms with E-state index in [1.165, 1.54) is 7.11 Å². The van der Waals surface area contributed by atoms with Crippen molar-refractivity contribution in [2.24, 2.45) is 0 Å². The van der Waals surface area contributed by atoms with E-state index in [0.717, 1.165) is 10.0 Å². The number of ether oxygens (including phenoxy) is 1. The highest BCUT2D eigenvalue weighted by Gasteiger charge is 2.29. The van der Waals surface area contributed by atoms with E-state index in [1.54, 1.807) is 25.1 Å². The van der Waals surface area contributed by atoms with E-state index in [9.17, 15) is 13.2 Å². The zero-order chi connectivity index (χ0) is 17.2. The Balaban J connectivity index is 2.45. The van der Waals surface area contributed by atoms with Crippen LogP contribution in [0.25, 0.3) is 0 Å². The van der Waals surface area contributed by atoms with Crippen LogP contribution in [0.3, 0.4) is 0 Å². The van der Waals surface area contributed by atoms with Crippen LogP contribution in [0.1, 0.15) is 28.5 Å². The van der Waals surface area contributed by atoms with Crippen LogP contribution < -0.4 is 4.72 Å². The molecule has 0 saturated heterocycles. The summed E-state index contributed by atoms with van der Waals surface area (Å²) in [4.78, 5) is 11.9. The summed E-state index contributed by atoms with van der Waals surface area (Å²) in [6.45, 7) is 3.62. The molecule has 0 aliphatic heterocycles. The maximum atomic E-state index is 12.6. The average Bonchev–Trinajstić information content (AvgIpc) is 2.94. The van der Waals surface area contributed by atoms with Gasteiger partial charge in [0.25, 0.3) is 10.0 Å². The smallest absolute Gasteiger partial charge is 0.342 e. The highest BCUT2D eigenvalue weighted by atomic mass is 79.9. The predicted molar refractivity (Wildman–Crippen MR) is 89.0 cm³/mol. The molecule has 0 spiro atoms. The second-order valence-electron chi connectivity index (χ2n) is 4.80. The highest BCUT2D eigenvalue weighted by Crippen LogP contribution is 2.24. The fraction of sp³-hybridized carbons (Fsp3) is 0.286. The molecule has 7 nitrogen and oxygen atoms in total. The fourth-order valence-electron chi connectivity index (χ4n) is 2.03. The van der Waals surface area contributed by atoms with E-state index in [0.29, 0.717) is 17.8 Å². The Hall–Kier alpha value is -1.87. The van der Waals surface area contributed by atoms with Crippen molar-refractivity contribution in [3.63, 3.8) is 0 Å². The maximum Gasteiger partial charge on any atom is 0.342 e. The number of benzene rings is 1. The second-order valence-corrected chi connectivity index (χ2v) is 7.25. The number of methoxy groups -OCH3 is 1. The standard InChI is InChI=1S/C14H16BrN3O4S/c1-4-11-12(14(19)22-3)13(17-16-11)23(20,21)18-9-5-6-10(15)8(2)7-9/h5-7,18H,4H2,1-3H3,(H,16,17). The summed E-state index contributed by atoms with van der Waals surface area (Å²) < 4.78 is 33.1. The largest absolute Gasteiger partial charge is 0.465 e. The van der Waals surface area contributed by atoms with Crippen molar-refractivity contribution in [2.45, 2.75) is 25.3 Å². The van der Waals surface area contributed by atoms with E-state index >= 15 is 0 Å². The minimum Gasteiger partial charge on any atom is -0.465 e. The molecule has 0 atom stereocenters. The lowest BCUT2D eigenvalue weighted by Crippen LogP contribution is -2.18. The summed E-state index contributed by atoms with van der Waals surface area (Å²) in [5.41, 5.74) is 1.58. The van der Waals surface area contributed by atoms with Crippen LogP contribution in [0.15, 0.2) is 27.7 Å². The molecule has 23 heavy (non-hydrogen) atoms. The molecule has 0 aliphatic rings. The molecule has 0 bridgehead atoms. The molecular formula is C14H16BrN3O4S. The molecule has 1 aromatic heterocycles. The van der Waals surface area contributed by atoms with Crippen LogP contribution in [-0.4, -0.2) is 31.7 Å². The summed E-state index contributed by atoms with van der Waals surface area (Å²) >= 11 is 3.35. The minimum atomic E-state index is -4.03. The number of H-pyrrole nitrogens is 1. The third kappa shape index (κ3) is 3.56. The number of nitrogens with zero attached hydrogens (tertiary/aromatic N) is 1. The first-order chi connectivity index (χ1) is 10.8. The quantitative estimate of drug-likeness (QED) is 0.749. The number of carbonyl (C=O) groups excluding carboxylic acids is 1. The van der Waals surface area contributed by atoms with Gasteiger partial charge in [-0.25, -0.2) is 4.79 Å². The molecule has 0 aliphatic carbocycles. The lowest BCUT2D eigenvalue weighted by atomic mass is 10.2. The monoisotopic (exact) mass is 401 g/mol. The van der Waals surface area contributed by atoms with Gasteiger partial charge in [-0.15, -0.1) is 0 Å². The van der Waals surface area contributed by atoms with Crippen LogP contribution in [0, 0.1) is 6.92 Å². The molecule has 0 radical (unpaired) electrons. The third-order valence-electron chi connectivity index (χ3n) is 3.22. The van der Waals surface area contributed by atoms with Crippen LogP contribution in [0.4, 0.5) is 5.69 Å². The molecular weight excluding hydrogens is 386 g/mol. The number of hydrogen-bond acceptors (Lipinski definition) is 5. The predicted octanol–water partition coefficient (Wildman–Crippen LogP) is 2.63. The van der Waals surface area contributed by atoms with Crippen LogP contribution in [0.5, 0.6) is 0 Å². The Morgan fingerprint density at radius 2 is 2.13 bits per heavy atom. The molecule has 1 heterocycles. The van der Waals surface area contributed by atoms with Crippen LogP contribution in [0.2, 0.25) is 0 Å². The number of sulfonamides is 1. The van der Waals surface area contributed by atoms with Gasteiger partial charge in [-0.1, -0.05) is 22.9 Å². The maximum absolute atomic E-state index is 12.6. The topological polar surface area (TPSA) is 101 Å². The average molecular weight is 402 g/mol. The van der Waals surface area contributed by atoms with Crippen LogP contribution in [-0.2, 0) is 21.2 Å².